The first-order valence-corrected chi connectivity index (χ1v) is 18.7. The van der Waals surface area contributed by atoms with Gasteiger partial charge in [-0.3, -0.25) is 9.59 Å². The normalized spacial score (nSPS) is 24.6. The smallest absolute Gasteiger partial charge is 0.264 e. The quantitative estimate of drug-likeness (QED) is 0.256. The Hall–Kier alpha value is -4.05. The molecule has 1 N–H and O–H groups in total. The summed E-state index contributed by atoms with van der Waals surface area (Å²) in [5.41, 5.74) is 2.65. The molecule has 1 saturated heterocycles. The first-order valence-electron chi connectivity index (χ1n) is 15.6. The summed E-state index contributed by atoms with van der Waals surface area (Å²) in [5, 5.41) is 17.7. The molecule has 3 aliphatic rings. The number of carbonyl (C=O) groups excluding carboxylic acids is 2. The largest absolute Gasteiger partial charge is 0.497 e. The third-order valence-corrected chi connectivity index (χ3v) is 14.3. The van der Waals surface area contributed by atoms with E-state index in [-0.39, 0.29) is 36.0 Å². The summed E-state index contributed by atoms with van der Waals surface area (Å²) in [4.78, 5) is 29.6. The van der Waals surface area contributed by atoms with Crippen molar-refractivity contribution in [2.45, 2.75) is 56.5 Å². The monoisotopic (exact) mass is 623 g/mol. The number of amides is 2. The number of anilines is 2. The lowest BCUT2D eigenvalue weighted by molar-refractivity contribution is -0.146. The van der Waals surface area contributed by atoms with Crippen molar-refractivity contribution >= 4 is 42.2 Å². The molecule has 2 amide bonds. The topological polar surface area (TPSA) is 91.7 Å². The maximum atomic E-state index is 14.6. The third-order valence-electron chi connectivity index (χ3n) is 9.93. The van der Waals surface area contributed by atoms with Crippen LogP contribution in [0.1, 0.15) is 37.3 Å². The molecule has 0 bridgehead atoms. The Morgan fingerprint density at radius 1 is 1.09 bits per heavy atom. The summed E-state index contributed by atoms with van der Waals surface area (Å²) in [7, 11) is -0.647. The van der Waals surface area contributed by atoms with Crippen LogP contribution in [-0.2, 0) is 19.9 Å². The molecule has 3 aromatic carbocycles. The molecule has 0 aromatic heterocycles. The lowest BCUT2D eigenvalue weighted by Crippen LogP contribution is -2.51. The Morgan fingerprint density at radius 2 is 1.82 bits per heavy atom. The number of hydrogen-bond acceptors (Lipinski definition) is 6. The molecule has 45 heavy (non-hydrogen) atoms. The van der Waals surface area contributed by atoms with Crippen molar-refractivity contribution in [3.63, 3.8) is 0 Å². The highest BCUT2D eigenvalue weighted by atomic mass is 28.3. The highest BCUT2D eigenvalue weighted by Gasteiger charge is 2.66. The van der Waals surface area contributed by atoms with Crippen LogP contribution in [0.3, 0.4) is 0 Å². The molecule has 3 aliphatic heterocycles. The summed E-state index contributed by atoms with van der Waals surface area (Å²) in [6.07, 6.45) is 2.71. The number of aliphatic hydroxyl groups excluding tert-OH is 1. The van der Waals surface area contributed by atoms with Crippen LogP contribution in [0.2, 0.25) is 18.6 Å². The van der Waals surface area contributed by atoms with Crippen LogP contribution in [0.5, 0.6) is 5.75 Å². The molecule has 9 heteroatoms. The van der Waals surface area contributed by atoms with Gasteiger partial charge in [-0.1, -0.05) is 73.7 Å². The summed E-state index contributed by atoms with van der Waals surface area (Å²) in [6.45, 7) is 10.9. The zero-order chi connectivity index (χ0) is 31.9. The van der Waals surface area contributed by atoms with Crippen molar-refractivity contribution < 1.29 is 24.2 Å². The Labute approximate surface area is 266 Å². The Balaban J connectivity index is 1.47. The summed E-state index contributed by atoms with van der Waals surface area (Å²) < 4.78 is 12.4. The predicted molar refractivity (Wildman–Crippen MR) is 180 cm³/mol. The molecule has 8 nitrogen and oxygen atoms in total. The molecular weight excluding hydrogens is 582 g/mol. The number of ether oxygens (including phenoxy) is 2. The first-order chi connectivity index (χ1) is 21.7. The van der Waals surface area contributed by atoms with Crippen LogP contribution in [0, 0.1) is 5.92 Å². The zero-order valence-corrected chi connectivity index (χ0v) is 27.4. The maximum absolute atomic E-state index is 14.6. The number of hydrogen-bond donors (Lipinski definition) is 1. The van der Waals surface area contributed by atoms with Crippen LogP contribution in [0.15, 0.2) is 90.6 Å². The van der Waals surface area contributed by atoms with Crippen molar-refractivity contribution in [1.82, 2.24) is 0 Å². The highest BCUT2D eigenvalue weighted by Crippen LogP contribution is 2.60. The van der Waals surface area contributed by atoms with Crippen molar-refractivity contribution in [3.8, 4) is 5.75 Å². The predicted octanol–water partition coefficient (Wildman–Crippen LogP) is 5.36. The zero-order valence-electron chi connectivity index (χ0n) is 26.4. The van der Waals surface area contributed by atoms with Crippen LogP contribution < -0.4 is 19.8 Å². The van der Waals surface area contributed by atoms with Crippen LogP contribution in [0.4, 0.5) is 11.4 Å². The third kappa shape index (κ3) is 5.03. The number of carbonyl (C=O) groups is 2. The van der Waals surface area contributed by atoms with Gasteiger partial charge in [-0.25, -0.2) is 5.01 Å². The first kappa shape index (κ1) is 31.0. The second kappa shape index (κ2) is 12.0. The number of aliphatic hydroxyl groups is 1. The molecule has 234 valence electrons. The van der Waals surface area contributed by atoms with Crippen LogP contribution >= 0.6 is 0 Å². The number of nitrogens with zero attached hydrogens (tertiary/aromatic N) is 3. The molecule has 3 aromatic rings. The van der Waals surface area contributed by atoms with Crippen LogP contribution in [-0.4, -0.2) is 57.1 Å². The summed E-state index contributed by atoms with van der Waals surface area (Å²) in [5.74, 6) is 0.348. The van der Waals surface area contributed by atoms with Gasteiger partial charge in [-0.05, 0) is 47.9 Å². The van der Waals surface area contributed by atoms with Crippen LogP contribution in [0.25, 0.3) is 0 Å². The minimum Gasteiger partial charge on any atom is -0.497 e. The van der Waals surface area contributed by atoms with E-state index in [1.54, 1.807) is 18.1 Å². The van der Waals surface area contributed by atoms with E-state index in [4.69, 9.17) is 14.6 Å². The highest BCUT2D eigenvalue weighted by molar-refractivity contribution is 6.91. The second-order valence-electron chi connectivity index (χ2n) is 12.7. The van der Waals surface area contributed by atoms with Gasteiger partial charge >= 0.3 is 0 Å². The number of methoxy groups -OCH3 is 1. The summed E-state index contributed by atoms with van der Waals surface area (Å²) >= 11 is 0. The van der Waals surface area contributed by atoms with Crippen molar-refractivity contribution in [1.29, 1.82) is 0 Å². The van der Waals surface area contributed by atoms with Gasteiger partial charge in [0.25, 0.3) is 5.91 Å². The molecule has 0 unspecified atom stereocenters. The van der Waals surface area contributed by atoms with E-state index < -0.39 is 13.7 Å². The number of benzene rings is 3. The number of hydrazone groups is 1. The lowest BCUT2D eigenvalue weighted by atomic mass is 9.82. The fourth-order valence-electron chi connectivity index (χ4n) is 7.73. The van der Waals surface area contributed by atoms with E-state index in [9.17, 15) is 14.7 Å². The van der Waals surface area contributed by atoms with E-state index in [1.165, 1.54) is 10.2 Å². The Morgan fingerprint density at radius 3 is 2.49 bits per heavy atom. The van der Waals surface area contributed by atoms with E-state index >= 15 is 0 Å². The van der Waals surface area contributed by atoms with Crippen molar-refractivity contribution in [2.24, 2.45) is 11.0 Å². The number of rotatable bonds is 9. The van der Waals surface area contributed by atoms with Gasteiger partial charge in [0.05, 0.1) is 38.4 Å². The molecule has 1 fully saturated rings. The minimum atomic E-state index is -2.30. The Kier molecular flexibility index (Phi) is 8.28. The van der Waals surface area contributed by atoms with Gasteiger partial charge in [0, 0.05) is 37.5 Å². The van der Waals surface area contributed by atoms with E-state index in [0.717, 1.165) is 28.3 Å². The fraction of sp³-hybridized carbons (Fsp3) is 0.361. The molecule has 0 aliphatic carbocycles. The van der Waals surface area contributed by atoms with Crippen molar-refractivity contribution in [2.75, 3.05) is 30.2 Å². The van der Waals surface area contributed by atoms with E-state index in [1.807, 2.05) is 60.7 Å². The lowest BCUT2D eigenvalue weighted by Gasteiger charge is -2.37. The molecule has 1 spiro atoms. The van der Waals surface area contributed by atoms with Gasteiger partial charge in [-0.2, -0.15) is 5.10 Å². The Bertz CT molecular complexity index is 1640. The molecule has 6 rings (SSSR count). The van der Waals surface area contributed by atoms with Gasteiger partial charge < -0.3 is 19.5 Å². The van der Waals surface area contributed by atoms with E-state index in [2.05, 4.69) is 38.7 Å². The van der Waals surface area contributed by atoms with Gasteiger partial charge in [-0.15, -0.1) is 6.58 Å². The summed E-state index contributed by atoms with van der Waals surface area (Å²) in [6, 6.07) is 23.8. The van der Waals surface area contributed by atoms with Gasteiger partial charge in [0.1, 0.15) is 5.75 Å². The molecule has 0 saturated carbocycles. The van der Waals surface area contributed by atoms with Gasteiger partial charge in [0.2, 0.25) is 5.91 Å². The SMILES string of the molecule is C=CCN1C(=O)[C@@]2(O[C@@H](CCO)[C@H]([Si](C)(C)c3ccc(OC)cc3)[C@H]2C)c2cc(N3N=C(c4ccccc4)CCC3=O)ccc21. The minimum absolute atomic E-state index is 0.0153. The average Bonchev–Trinajstić information content (AvgIpc) is 3.48. The molecule has 3 heterocycles. The fourth-order valence-corrected chi connectivity index (χ4v) is 11.8. The maximum Gasteiger partial charge on any atom is 0.264 e. The molecular formula is C36H41N3O5Si. The molecule has 0 radical (unpaired) electrons. The second-order valence-corrected chi connectivity index (χ2v) is 17.4. The standard InChI is InChI=1S/C36H41N3O5Si/c1-6-21-38-31-18-12-26(39-33(41)19-17-30(37-39)25-10-8-7-9-11-25)23-29(31)36(35(38)42)24(2)34(32(44-36)20-22-40)45(4,5)28-15-13-27(43-3)14-16-28/h6-16,18,23-24,32,34,40H,1,17,19-22H2,2-5H3/t24-,32+,34-,36+/m1/s1. The van der Waals surface area contributed by atoms with Crippen molar-refractivity contribution in [3.05, 3.63) is 96.6 Å². The average molecular weight is 624 g/mol. The molecule has 4 atom stereocenters. The number of fused-ring (bicyclic) bond motifs is 2. The van der Waals surface area contributed by atoms with Gasteiger partial charge in [0.15, 0.2) is 5.60 Å². The van der Waals surface area contributed by atoms with E-state index in [0.29, 0.717) is 31.5 Å².